The van der Waals surface area contributed by atoms with Crippen LogP contribution in [0.2, 0.25) is 0 Å². The summed E-state index contributed by atoms with van der Waals surface area (Å²) in [5.41, 5.74) is 2.83. The van der Waals surface area contributed by atoms with Crippen molar-refractivity contribution in [3.05, 3.63) is 47.0 Å². The molecule has 1 fully saturated rings. The second-order valence-electron chi connectivity index (χ2n) is 5.44. The molecule has 1 saturated heterocycles. The van der Waals surface area contributed by atoms with Crippen molar-refractivity contribution >= 4 is 50.7 Å². The standard InChI is InChI=1S/C17H13N3O2S2/c1-19-11(9-13-16(21)20(2)17(22)24-13)8-12-14(19)18-15(23-12)10-6-4-3-5-7-10/h3-9H,1-2H3/b13-9-. The number of carbonyl (C=O) groups is 2. The predicted octanol–water partition coefficient (Wildman–Crippen LogP) is 3.97. The van der Waals surface area contributed by atoms with Crippen molar-refractivity contribution < 1.29 is 9.59 Å². The molecule has 0 N–H and O–H groups in total. The molecule has 3 heterocycles. The van der Waals surface area contributed by atoms with Gasteiger partial charge in [0.15, 0.2) is 5.65 Å². The molecule has 1 aliphatic rings. The molecule has 1 aliphatic heterocycles. The Morgan fingerprint density at radius 3 is 2.50 bits per heavy atom. The minimum atomic E-state index is -0.257. The van der Waals surface area contributed by atoms with Crippen LogP contribution in [0.4, 0.5) is 4.79 Å². The van der Waals surface area contributed by atoms with E-state index < -0.39 is 0 Å². The summed E-state index contributed by atoms with van der Waals surface area (Å²) in [5.74, 6) is -0.257. The molecule has 7 heteroatoms. The number of aryl methyl sites for hydroxylation is 1. The van der Waals surface area contributed by atoms with Crippen LogP contribution in [-0.4, -0.2) is 32.6 Å². The molecule has 0 saturated carbocycles. The fraction of sp³-hybridized carbons (Fsp3) is 0.118. The third-order valence-electron chi connectivity index (χ3n) is 3.90. The van der Waals surface area contributed by atoms with Crippen LogP contribution < -0.4 is 0 Å². The SMILES string of the molecule is CN1C(=O)S/C(=C\c2cc3sc(-c4ccccc4)nc3n2C)C1=O. The van der Waals surface area contributed by atoms with Crippen LogP contribution in [-0.2, 0) is 11.8 Å². The van der Waals surface area contributed by atoms with Crippen LogP contribution in [0.15, 0.2) is 41.3 Å². The summed E-state index contributed by atoms with van der Waals surface area (Å²) < 4.78 is 3.00. The van der Waals surface area contributed by atoms with Crippen LogP contribution in [0, 0.1) is 0 Å². The molecule has 0 bridgehead atoms. The van der Waals surface area contributed by atoms with Gasteiger partial charge in [0.05, 0.1) is 9.61 Å². The summed E-state index contributed by atoms with van der Waals surface area (Å²) in [6.07, 6.45) is 1.75. The van der Waals surface area contributed by atoms with E-state index in [1.807, 2.05) is 48.0 Å². The lowest BCUT2D eigenvalue weighted by molar-refractivity contribution is -0.121. The lowest BCUT2D eigenvalue weighted by atomic mass is 10.2. The highest BCUT2D eigenvalue weighted by atomic mass is 32.2. The second kappa shape index (κ2) is 5.61. The Bertz CT molecular complexity index is 1000. The van der Waals surface area contributed by atoms with Gasteiger partial charge in [-0.15, -0.1) is 11.3 Å². The topological polar surface area (TPSA) is 55.2 Å². The van der Waals surface area contributed by atoms with Gasteiger partial charge in [0.25, 0.3) is 11.1 Å². The van der Waals surface area contributed by atoms with Gasteiger partial charge in [-0.2, -0.15) is 0 Å². The van der Waals surface area contributed by atoms with Crippen molar-refractivity contribution in [3.8, 4) is 10.6 Å². The fourth-order valence-corrected chi connectivity index (χ4v) is 4.39. The Kier molecular flexibility index (Phi) is 3.54. The Hall–Kier alpha value is -2.38. The van der Waals surface area contributed by atoms with Crippen molar-refractivity contribution in [2.24, 2.45) is 7.05 Å². The van der Waals surface area contributed by atoms with Gasteiger partial charge in [0.2, 0.25) is 0 Å². The Morgan fingerprint density at radius 2 is 1.88 bits per heavy atom. The summed E-state index contributed by atoms with van der Waals surface area (Å²) >= 11 is 2.58. The van der Waals surface area contributed by atoms with E-state index in [1.165, 1.54) is 7.05 Å². The van der Waals surface area contributed by atoms with Gasteiger partial charge in [-0.05, 0) is 23.9 Å². The molecule has 0 atom stereocenters. The van der Waals surface area contributed by atoms with Crippen LogP contribution in [0.25, 0.3) is 27.0 Å². The molecule has 3 aromatic rings. The van der Waals surface area contributed by atoms with E-state index in [1.54, 1.807) is 17.4 Å². The van der Waals surface area contributed by atoms with Gasteiger partial charge < -0.3 is 4.57 Å². The molecule has 120 valence electrons. The van der Waals surface area contributed by atoms with E-state index >= 15 is 0 Å². The van der Waals surface area contributed by atoms with Crippen molar-refractivity contribution in [1.82, 2.24) is 14.5 Å². The summed E-state index contributed by atoms with van der Waals surface area (Å²) in [4.78, 5) is 29.9. The van der Waals surface area contributed by atoms with Gasteiger partial charge in [0, 0.05) is 25.4 Å². The number of rotatable bonds is 2. The quantitative estimate of drug-likeness (QED) is 0.653. The number of thioether (sulfide) groups is 1. The molecule has 5 nitrogen and oxygen atoms in total. The molecule has 0 radical (unpaired) electrons. The highest BCUT2D eigenvalue weighted by Crippen LogP contribution is 2.35. The zero-order valence-electron chi connectivity index (χ0n) is 13.0. The summed E-state index contributed by atoms with van der Waals surface area (Å²) in [5, 5.41) is 0.725. The van der Waals surface area contributed by atoms with E-state index in [9.17, 15) is 9.59 Å². The number of nitrogens with zero attached hydrogens (tertiary/aromatic N) is 3. The van der Waals surface area contributed by atoms with Crippen molar-refractivity contribution in [1.29, 1.82) is 0 Å². The zero-order valence-corrected chi connectivity index (χ0v) is 14.6. The molecule has 2 aromatic heterocycles. The Balaban J connectivity index is 1.74. The van der Waals surface area contributed by atoms with Crippen molar-refractivity contribution in [2.45, 2.75) is 0 Å². The molecule has 0 unspecified atom stereocenters. The number of imide groups is 1. The number of hydrogen-bond acceptors (Lipinski definition) is 5. The number of hydrogen-bond donors (Lipinski definition) is 0. The molecular formula is C17H13N3O2S2. The van der Waals surface area contributed by atoms with Crippen LogP contribution in [0.5, 0.6) is 0 Å². The highest BCUT2D eigenvalue weighted by molar-refractivity contribution is 8.18. The number of thiazole rings is 1. The number of amides is 2. The average molecular weight is 355 g/mol. The Labute approximate surface area is 146 Å². The van der Waals surface area contributed by atoms with Crippen LogP contribution >= 0.6 is 23.1 Å². The van der Waals surface area contributed by atoms with Gasteiger partial charge in [-0.3, -0.25) is 14.5 Å². The first-order valence-corrected chi connectivity index (χ1v) is 8.91. The zero-order chi connectivity index (χ0) is 16.8. The van der Waals surface area contributed by atoms with E-state index in [2.05, 4.69) is 0 Å². The van der Waals surface area contributed by atoms with Gasteiger partial charge in [-0.1, -0.05) is 30.3 Å². The first-order chi connectivity index (χ1) is 11.5. The smallest absolute Gasteiger partial charge is 0.293 e. The third-order valence-corrected chi connectivity index (χ3v) is 5.91. The van der Waals surface area contributed by atoms with Gasteiger partial charge >= 0.3 is 0 Å². The van der Waals surface area contributed by atoms with Crippen LogP contribution in [0.1, 0.15) is 5.69 Å². The Morgan fingerprint density at radius 1 is 1.12 bits per heavy atom. The average Bonchev–Trinajstić information content (AvgIpc) is 3.20. The highest BCUT2D eigenvalue weighted by Gasteiger charge is 2.32. The summed E-state index contributed by atoms with van der Waals surface area (Å²) in [6, 6.07) is 12.0. The molecule has 0 aliphatic carbocycles. The maximum Gasteiger partial charge on any atom is 0.293 e. The van der Waals surface area contributed by atoms with E-state index in [4.69, 9.17) is 4.98 Å². The third kappa shape index (κ3) is 2.37. The molecule has 4 rings (SSSR count). The maximum absolute atomic E-state index is 12.0. The summed E-state index contributed by atoms with van der Waals surface area (Å²) in [7, 11) is 3.41. The van der Waals surface area contributed by atoms with E-state index in [-0.39, 0.29) is 11.1 Å². The lowest BCUT2D eigenvalue weighted by Gasteiger charge is -2.01. The number of carbonyl (C=O) groups excluding carboxylic acids is 2. The molecule has 24 heavy (non-hydrogen) atoms. The monoisotopic (exact) mass is 355 g/mol. The van der Waals surface area contributed by atoms with Crippen molar-refractivity contribution in [3.63, 3.8) is 0 Å². The number of benzene rings is 1. The minimum absolute atomic E-state index is 0.244. The molecule has 0 spiro atoms. The van der Waals surface area contributed by atoms with E-state index in [0.29, 0.717) is 4.91 Å². The maximum atomic E-state index is 12.0. The summed E-state index contributed by atoms with van der Waals surface area (Å²) in [6.45, 7) is 0. The van der Waals surface area contributed by atoms with Crippen molar-refractivity contribution in [2.75, 3.05) is 7.05 Å². The second-order valence-corrected chi connectivity index (χ2v) is 7.47. The fourth-order valence-electron chi connectivity index (χ4n) is 2.53. The predicted molar refractivity (Wildman–Crippen MR) is 97.8 cm³/mol. The first-order valence-electron chi connectivity index (χ1n) is 7.28. The molecule has 1 aromatic carbocycles. The number of aromatic nitrogens is 2. The number of likely N-dealkylation sites (N-methyl/N-ethyl adjacent to an activating group) is 1. The molecular weight excluding hydrogens is 342 g/mol. The largest absolute Gasteiger partial charge is 0.328 e. The number of fused-ring (bicyclic) bond motifs is 1. The first kappa shape index (κ1) is 15.2. The lowest BCUT2D eigenvalue weighted by Crippen LogP contribution is -2.22. The van der Waals surface area contributed by atoms with Gasteiger partial charge in [-0.25, -0.2) is 4.98 Å². The normalized spacial score (nSPS) is 16.8. The molecule has 2 amide bonds. The van der Waals surface area contributed by atoms with E-state index in [0.717, 1.165) is 43.3 Å². The van der Waals surface area contributed by atoms with Gasteiger partial charge in [0.1, 0.15) is 5.01 Å². The minimum Gasteiger partial charge on any atom is -0.328 e. The van der Waals surface area contributed by atoms with Crippen LogP contribution in [0.3, 0.4) is 0 Å².